The molecular formula is C11H10N2O3. The van der Waals surface area contributed by atoms with Crippen LogP contribution < -0.4 is 4.74 Å². The second-order valence-electron chi connectivity index (χ2n) is 3.13. The number of aromatic nitrogens is 2. The highest BCUT2D eigenvalue weighted by atomic mass is 16.5. The lowest BCUT2D eigenvalue weighted by molar-refractivity contribution is 0.0688. The highest BCUT2D eigenvalue weighted by molar-refractivity contribution is 5.84. The number of rotatable bonds is 4. The number of hydrogen-bond acceptors (Lipinski definition) is 3. The Morgan fingerprint density at radius 3 is 2.69 bits per heavy atom. The number of hydrogen-bond donors (Lipinski definition) is 1. The van der Waals surface area contributed by atoms with Gasteiger partial charge in [-0.15, -0.1) is 0 Å². The smallest absolute Gasteiger partial charge is 0.356 e. The molecule has 0 amide bonds. The van der Waals surface area contributed by atoms with Crippen molar-refractivity contribution in [2.24, 2.45) is 0 Å². The SMILES string of the molecule is O=C(O)c1ccn(COc2ccccc2)n1. The molecule has 0 atom stereocenters. The van der Waals surface area contributed by atoms with Crippen molar-refractivity contribution in [2.45, 2.75) is 6.73 Å². The Bertz CT molecular complexity index is 479. The molecule has 5 nitrogen and oxygen atoms in total. The van der Waals surface area contributed by atoms with Gasteiger partial charge in [-0.3, -0.25) is 0 Å². The number of carboxylic acid groups (broad SMARTS) is 1. The molecule has 5 heteroatoms. The van der Waals surface area contributed by atoms with Gasteiger partial charge < -0.3 is 9.84 Å². The summed E-state index contributed by atoms with van der Waals surface area (Å²) in [6, 6.07) is 10.7. The lowest BCUT2D eigenvalue weighted by atomic mass is 10.3. The quantitative estimate of drug-likeness (QED) is 0.846. The zero-order valence-electron chi connectivity index (χ0n) is 8.41. The van der Waals surface area contributed by atoms with Crippen molar-refractivity contribution in [1.29, 1.82) is 0 Å². The van der Waals surface area contributed by atoms with Crippen LogP contribution in [0.15, 0.2) is 42.6 Å². The van der Waals surface area contributed by atoms with Crippen LogP contribution >= 0.6 is 0 Å². The summed E-state index contributed by atoms with van der Waals surface area (Å²) in [6.45, 7) is 0.192. The van der Waals surface area contributed by atoms with E-state index < -0.39 is 5.97 Å². The van der Waals surface area contributed by atoms with Crippen LogP contribution in [0.25, 0.3) is 0 Å². The van der Waals surface area contributed by atoms with E-state index in [1.54, 1.807) is 6.20 Å². The highest BCUT2D eigenvalue weighted by Crippen LogP contribution is 2.08. The molecule has 1 N–H and O–H groups in total. The summed E-state index contributed by atoms with van der Waals surface area (Å²) in [7, 11) is 0. The molecule has 1 aromatic heterocycles. The zero-order chi connectivity index (χ0) is 11.4. The van der Waals surface area contributed by atoms with Gasteiger partial charge in [0.2, 0.25) is 0 Å². The molecule has 1 heterocycles. The number of aromatic carboxylic acids is 1. The Morgan fingerprint density at radius 1 is 1.31 bits per heavy atom. The lowest BCUT2D eigenvalue weighted by Crippen LogP contribution is -2.07. The topological polar surface area (TPSA) is 64.3 Å². The van der Waals surface area contributed by atoms with Crippen LogP contribution in [-0.4, -0.2) is 20.9 Å². The average Bonchev–Trinajstić information content (AvgIpc) is 2.76. The maximum absolute atomic E-state index is 10.6. The monoisotopic (exact) mass is 218 g/mol. The van der Waals surface area contributed by atoms with Crippen LogP contribution in [-0.2, 0) is 6.73 Å². The first-order chi connectivity index (χ1) is 7.75. The lowest BCUT2D eigenvalue weighted by Gasteiger charge is -2.04. The van der Waals surface area contributed by atoms with Gasteiger partial charge in [-0.2, -0.15) is 5.10 Å². The third-order valence-electron chi connectivity index (χ3n) is 1.97. The summed E-state index contributed by atoms with van der Waals surface area (Å²) in [5.41, 5.74) is 0.0108. The van der Waals surface area contributed by atoms with E-state index in [1.165, 1.54) is 10.7 Å². The number of para-hydroxylation sites is 1. The Balaban J connectivity index is 1.97. The molecule has 0 radical (unpaired) electrons. The molecule has 82 valence electrons. The van der Waals surface area contributed by atoms with Crippen LogP contribution in [0.2, 0.25) is 0 Å². The van der Waals surface area contributed by atoms with Crippen molar-refractivity contribution in [3.05, 3.63) is 48.3 Å². The highest BCUT2D eigenvalue weighted by Gasteiger charge is 2.06. The maximum atomic E-state index is 10.6. The molecule has 0 aliphatic rings. The number of nitrogens with zero attached hydrogens (tertiary/aromatic N) is 2. The van der Waals surface area contributed by atoms with E-state index in [4.69, 9.17) is 9.84 Å². The van der Waals surface area contributed by atoms with Crippen molar-refractivity contribution in [3.63, 3.8) is 0 Å². The Labute approximate surface area is 91.9 Å². The number of ether oxygens (including phenoxy) is 1. The van der Waals surface area contributed by atoms with Gasteiger partial charge in [-0.1, -0.05) is 18.2 Å². The van der Waals surface area contributed by atoms with Crippen LogP contribution in [0.5, 0.6) is 5.75 Å². The van der Waals surface area contributed by atoms with Crippen LogP contribution in [0.3, 0.4) is 0 Å². The Hall–Kier alpha value is -2.30. The van der Waals surface area contributed by atoms with Gasteiger partial charge in [0, 0.05) is 6.20 Å². The van der Waals surface area contributed by atoms with Gasteiger partial charge in [0.05, 0.1) is 0 Å². The molecular weight excluding hydrogens is 208 g/mol. The average molecular weight is 218 g/mol. The summed E-state index contributed by atoms with van der Waals surface area (Å²) in [6.07, 6.45) is 1.56. The fourth-order valence-electron chi connectivity index (χ4n) is 1.21. The van der Waals surface area contributed by atoms with Gasteiger partial charge >= 0.3 is 5.97 Å². The summed E-state index contributed by atoms with van der Waals surface area (Å²) >= 11 is 0. The molecule has 0 bridgehead atoms. The molecule has 0 aliphatic carbocycles. The van der Waals surface area contributed by atoms with E-state index in [-0.39, 0.29) is 12.4 Å². The predicted octanol–water partition coefficient (Wildman–Crippen LogP) is 1.62. The first-order valence-electron chi connectivity index (χ1n) is 4.70. The van der Waals surface area contributed by atoms with Crippen molar-refractivity contribution >= 4 is 5.97 Å². The molecule has 0 spiro atoms. The van der Waals surface area contributed by atoms with Crippen molar-refractivity contribution < 1.29 is 14.6 Å². The van der Waals surface area contributed by atoms with Crippen molar-refractivity contribution in [2.75, 3.05) is 0 Å². The zero-order valence-corrected chi connectivity index (χ0v) is 8.41. The summed E-state index contributed by atoms with van der Waals surface area (Å²) in [5.74, 6) is -0.326. The first kappa shape index (κ1) is 10.2. The second kappa shape index (κ2) is 4.48. The summed E-state index contributed by atoms with van der Waals surface area (Å²) in [4.78, 5) is 10.6. The van der Waals surface area contributed by atoms with Gasteiger partial charge in [0.15, 0.2) is 12.4 Å². The largest absolute Gasteiger partial charge is 0.476 e. The first-order valence-corrected chi connectivity index (χ1v) is 4.70. The molecule has 0 saturated carbocycles. The van der Waals surface area contributed by atoms with Gasteiger partial charge in [0.1, 0.15) is 5.75 Å². The summed E-state index contributed by atoms with van der Waals surface area (Å²) < 4.78 is 6.82. The van der Waals surface area contributed by atoms with Gasteiger partial charge in [-0.05, 0) is 18.2 Å². The Morgan fingerprint density at radius 2 is 2.06 bits per heavy atom. The minimum absolute atomic E-state index is 0.0108. The summed E-state index contributed by atoms with van der Waals surface area (Å²) in [5, 5.41) is 12.5. The molecule has 16 heavy (non-hydrogen) atoms. The maximum Gasteiger partial charge on any atom is 0.356 e. The van der Waals surface area contributed by atoms with Crippen LogP contribution in [0.1, 0.15) is 10.5 Å². The molecule has 0 aliphatic heterocycles. The molecule has 2 aromatic rings. The van der Waals surface area contributed by atoms with Crippen molar-refractivity contribution in [1.82, 2.24) is 9.78 Å². The third kappa shape index (κ3) is 2.38. The van der Waals surface area contributed by atoms with E-state index in [0.717, 1.165) is 5.75 Å². The van der Waals surface area contributed by atoms with Gasteiger partial charge in [-0.25, -0.2) is 9.48 Å². The van der Waals surface area contributed by atoms with E-state index in [0.29, 0.717) is 0 Å². The normalized spacial score (nSPS) is 10.0. The molecule has 2 rings (SSSR count). The standard InChI is InChI=1S/C11H10N2O3/c14-11(15)10-6-7-13(12-10)8-16-9-4-2-1-3-5-9/h1-7H,8H2,(H,14,15). The third-order valence-corrected chi connectivity index (χ3v) is 1.97. The van der Waals surface area contributed by atoms with E-state index in [2.05, 4.69) is 5.10 Å². The Kier molecular flexibility index (Phi) is 2.86. The molecule has 0 fully saturated rings. The fraction of sp³-hybridized carbons (Fsp3) is 0.0909. The van der Waals surface area contributed by atoms with Crippen LogP contribution in [0, 0.1) is 0 Å². The van der Waals surface area contributed by atoms with Crippen LogP contribution in [0.4, 0.5) is 0 Å². The van der Waals surface area contributed by atoms with Crippen molar-refractivity contribution in [3.8, 4) is 5.75 Å². The number of benzene rings is 1. The molecule has 0 unspecified atom stereocenters. The number of carboxylic acids is 1. The van der Waals surface area contributed by atoms with E-state index >= 15 is 0 Å². The second-order valence-corrected chi connectivity index (χ2v) is 3.13. The number of carbonyl (C=O) groups is 1. The van der Waals surface area contributed by atoms with E-state index in [9.17, 15) is 4.79 Å². The predicted molar refractivity (Wildman–Crippen MR) is 56.3 cm³/mol. The fourth-order valence-corrected chi connectivity index (χ4v) is 1.21. The molecule has 1 aromatic carbocycles. The molecule has 0 saturated heterocycles. The van der Waals surface area contributed by atoms with E-state index in [1.807, 2.05) is 30.3 Å². The minimum atomic E-state index is -1.04. The van der Waals surface area contributed by atoms with Gasteiger partial charge in [0.25, 0.3) is 0 Å². The minimum Gasteiger partial charge on any atom is -0.476 e.